The summed E-state index contributed by atoms with van der Waals surface area (Å²) < 4.78 is 23.0. The standard InChI is InChI=1S/C21H30N4O2S.HI/c1-3-22-21(24-16-7-15-23-19-8-5-4-6-9-19)25-17-14-18-10-12-20(13-11-18)28(2,26)27;/h4-6,8-13,23H,3,7,14-17H2,1-2H3,(H2,22,24,25);1H. The summed E-state index contributed by atoms with van der Waals surface area (Å²) in [5.41, 5.74) is 2.21. The zero-order valence-corrected chi connectivity index (χ0v) is 20.2. The molecule has 2 rings (SSSR count). The molecule has 0 heterocycles. The third-order valence-corrected chi connectivity index (χ3v) is 5.24. The van der Waals surface area contributed by atoms with Crippen LogP contribution < -0.4 is 16.0 Å². The van der Waals surface area contributed by atoms with E-state index in [-0.39, 0.29) is 24.0 Å². The van der Waals surface area contributed by atoms with E-state index in [4.69, 9.17) is 0 Å². The van der Waals surface area contributed by atoms with Crippen LogP contribution in [-0.2, 0) is 16.3 Å². The van der Waals surface area contributed by atoms with Crippen LogP contribution in [0.5, 0.6) is 0 Å². The lowest BCUT2D eigenvalue weighted by Crippen LogP contribution is -2.38. The van der Waals surface area contributed by atoms with E-state index < -0.39 is 9.84 Å². The van der Waals surface area contributed by atoms with Crippen molar-refractivity contribution in [3.05, 3.63) is 60.2 Å². The average molecular weight is 530 g/mol. The minimum atomic E-state index is -3.14. The van der Waals surface area contributed by atoms with E-state index in [0.29, 0.717) is 4.90 Å². The van der Waals surface area contributed by atoms with E-state index >= 15 is 0 Å². The van der Waals surface area contributed by atoms with E-state index in [1.54, 1.807) is 12.1 Å². The SMILES string of the molecule is CCNC(=NCCCNc1ccccc1)NCCc1ccc(S(C)(=O)=O)cc1.I. The van der Waals surface area contributed by atoms with Gasteiger partial charge in [0.2, 0.25) is 0 Å². The van der Waals surface area contributed by atoms with Crippen molar-refractivity contribution in [3.8, 4) is 0 Å². The minimum absolute atomic E-state index is 0. The monoisotopic (exact) mass is 530 g/mol. The molecule has 160 valence electrons. The van der Waals surface area contributed by atoms with E-state index in [2.05, 4.69) is 33.1 Å². The van der Waals surface area contributed by atoms with E-state index in [0.717, 1.165) is 56.2 Å². The summed E-state index contributed by atoms with van der Waals surface area (Å²) in [5, 5.41) is 9.95. The second-order valence-corrected chi connectivity index (χ2v) is 8.52. The Morgan fingerprint density at radius 2 is 1.66 bits per heavy atom. The molecular weight excluding hydrogens is 499 g/mol. The number of hydrogen-bond acceptors (Lipinski definition) is 4. The van der Waals surface area contributed by atoms with E-state index in [1.165, 1.54) is 6.26 Å². The molecule has 0 unspecified atom stereocenters. The molecule has 6 nitrogen and oxygen atoms in total. The maximum Gasteiger partial charge on any atom is 0.191 e. The second kappa shape index (κ2) is 13.4. The first-order valence-electron chi connectivity index (χ1n) is 9.59. The molecule has 0 aliphatic carbocycles. The first kappa shape index (κ1) is 25.2. The zero-order valence-electron chi connectivity index (χ0n) is 17.0. The third-order valence-electron chi connectivity index (χ3n) is 4.11. The van der Waals surface area contributed by atoms with Crippen LogP contribution in [0.4, 0.5) is 5.69 Å². The summed E-state index contributed by atoms with van der Waals surface area (Å²) in [5.74, 6) is 0.801. The molecule has 0 atom stereocenters. The molecule has 3 N–H and O–H groups in total. The number of sulfone groups is 1. The van der Waals surface area contributed by atoms with Crippen LogP contribution in [0.15, 0.2) is 64.5 Å². The quantitative estimate of drug-likeness (QED) is 0.190. The minimum Gasteiger partial charge on any atom is -0.385 e. The Hall–Kier alpha value is -1.81. The van der Waals surface area contributed by atoms with Crippen LogP contribution in [-0.4, -0.2) is 46.8 Å². The van der Waals surface area contributed by atoms with Gasteiger partial charge in [-0.1, -0.05) is 30.3 Å². The lowest BCUT2D eigenvalue weighted by molar-refractivity contribution is 0.602. The summed E-state index contributed by atoms with van der Waals surface area (Å²) in [6, 6.07) is 17.2. The molecule has 0 amide bonds. The molecule has 0 aromatic heterocycles. The molecule has 0 aliphatic heterocycles. The molecule has 29 heavy (non-hydrogen) atoms. The van der Waals surface area contributed by atoms with Gasteiger partial charge in [0.05, 0.1) is 4.90 Å². The molecular formula is C21H31IN4O2S. The molecule has 0 aliphatic rings. The topological polar surface area (TPSA) is 82.6 Å². The largest absolute Gasteiger partial charge is 0.385 e. The van der Waals surface area contributed by atoms with Crippen LogP contribution in [0.1, 0.15) is 18.9 Å². The van der Waals surface area contributed by atoms with Crippen molar-refractivity contribution in [2.45, 2.75) is 24.7 Å². The molecule has 2 aromatic rings. The van der Waals surface area contributed by atoms with Crippen LogP contribution in [0.25, 0.3) is 0 Å². The summed E-state index contributed by atoms with van der Waals surface area (Å²) >= 11 is 0. The first-order valence-corrected chi connectivity index (χ1v) is 11.5. The fourth-order valence-corrected chi connectivity index (χ4v) is 3.26. The highest BCUT2D eigenvalue weighted by molar-refractivity contribution is 14.0. The second-order valence-electron chi connectivity index (χ2n) is 6.50. The number of aliphatic imine (C=N–C) groups is 1. The molecule has 2 aromatic carbocycles. The van der Waals surface area contributed by atoms with Gasteiger partial charge >= 0.3 is 0 Å². The van der Waals surface area contributed by atoms with E-state index in [1.807, 2.05) is 37.3 Å². The van der Waals surface area contributed by atoms with Crippen LogP contribution in [0.2, 0.25) is 0 Å². The first-order chi connectivity index (χ1) is 13.5. The van der Waals surface area contributed by atoms with Crippen LogP contribution in [0.3, 0.4) is 0 Å². The van der Waals surface area contributed by atoms with Crippen molar-refractivity contribution in [1.29, 1.82) is 0 Å². The Balaban J connectivity index is 0.00000420. The van der Waals surface area contributed by atoms with Gasteiger partial charge in [-0.3, -0.25) is 4.99 Å². The Kier molecular flexibility index (Phi) is 11.7. The lowest BCUT2D eigenvalue weighted by Gasteiger charge is -2.12. The summed E-state index contributed by atoms with van der Waals surface area (Å²) in [4.78, 5) is 4.95. The Labute approximate surface area is 191 Å². The van der Waals surface area contributed by atoms with Gasteiger partial charge in [0.25, 0.3) is 0 Å². The Bertz CT molecular complexity index is 841. The zero-order chi connectivity index (χ0) is 20.2. The van der Waals surface area contributed by atoms with Crippen molar-refractivity contribution in [1.82, 2.24) is 10.6 Å². The highest BCUT2D eigenvalue weighted by atomic mass is 127. The molecule has 8 heteroatoms. The highest BCUT2D eigenvalue weighted by Crippen LogP contribution is 2.10. The molecule has 0 radical (unpaired) electrons. The maximum atomic E-state index is 11.5. The number of para-hydroxylation sites is 1. The molecule has 0 saturated heterocycles. The molecule has 0 bridgehead atoms. The summed E-state index contributed by atoms with van der Waals surface area (Å²) in [7, 11) is -3.14. The number of nitrogens with one attached hydrogen (secondary N) is 3. The number of halogens is 1. The number of rotatable bonds is 10. The average Bonchev–Trinajstić information content (AvgIpc) is 2.68. The van der Waals surface area contributed by atoms with Gasteiger partial charge in [0.1, 0.15) is 0 Å². The number of hydrogen-bond donors (Lipinski definition) is 3. The van der Waals surface area contributed by atoms with Gasteiger partial charge in [-0.25, -0.2) is 8.42 Å². The summed E-state index contributed by atoms with van der Waals surface area (Å²) in [6.45, 7) is 5.18. The smallest absolute Gasteiger partial charge is 0.191 e. The van der Waals surface area contributed by atoms with E-state index in [9.17, 15) is 8.42 Å². The molecule has 0 spiro atoms. The summed E-state index contributed by atoms with van der Waals surface area (Å²) in [6.07, 6.45) is 2.96. The predicted molar refractivity (Wildman–Crippen MR) is 132 cm³/mol. The van der Waals surface area contributed by atoms with Gasteiger partial charge in [0.15, 0.2) is 15.8 Å². The number of anilines is 1. The normalized spacial score (nSPS) is 11.4. The lowest BCUT2D eigenvalue weighted by atomic mass is 10.1. The number of guanidine groups is 1. The van der Waals surface area contributed by atoms with Gasteiger partial charge in [-0.2, -0.15) is 0 Å². The maximum absolute atomic E-state index is 11.5. The van der Waals surface area contributed by atoms with Gasteiger partial charge in [-0.15, -0.1) is 24.0 Å². The third kappa shape index (κ3) is 9.98. The van der Waals surface area contributed by atoms with Crippen molar-refractivity contribution < 1.29 is 8.42 Å². The Morgan fingerprint density at radius 3 is 2.28 bits per heavy atom. The molecule has 0 fully saturated rings. The van der Waals surface area contributed by atoms with Crippen LogP contribution >= 0.6 is 24.0 Å². The van der Waals surface area contributed by atoms with Gasteiger partial charge in [-0.05, 0) is 49.6 Å². The van der Waals surface area contributed by atoms with Crippen molar-refractivity contribution in [3.63, 3.8) is 0 Å². The fraction of sp³-hybridized carbons (Fsp3) is 0.381. The van der Waals surface area contributed by atoms with Gasteiger partial charge in [0, 0.05) is 38.1 Å². The van der Waals surface area contributed by atoms with Gasteiger partial charge < -0.3 is 16.0 Å². The number of nitrogens with zero attached hydrogens (tertiary/aromatic N) is 1. The van der Waals surface area contributed by atoms with Crippen molar-refractivity contribution in [2.24, 2.45) is 4.99 Å². The Morgan fingerprint density at radius 1 is 0.966 bits per heavy atom. The van der Waals surface area contributed by atoms with Crippen LogP contribution in [0, 0.1) is 0 Å². The van der Waals surface area contributed by atoms with Crippen molar-refractivity contribution in [2.75, 3.05) is 37.8 Å². The number of benzene rings is 2. The fourth-order valence-electron chi connectivity index (χ4n) is 2.63. The highest BCUT2D eigenvalue weighted by Gasteiger charge is 2.06. The molecule has 0 saturated carbocycles. The van der Waals surface area contributed by atoms with Crippen molar-refractivity contribution >= 4 is 45.5 Å². The predicted octanol–water partition coefficient (Wildman–Crippen LogP) is 3.31.